The second-order valence-electron chi connectivity index (χ2n) is 6.25. The standard InChI is InChI=1S/C17H20N2O5/c20-13-5-3-11(12-4-6-15(22)19-16(12)13)14(21)8-18-10-2-1-9(7-10)17(23)24/h3-6,9-10,14,18,20-21H,1-2,7-8H2,(H,19,22)(H,23,24)/t9-,10+,14-/m1/s1. The van der Waals surface area contributed by atoms with Crippen LogP contribution in [-0.4, -0.2) is 38.9 Å². The van der Waals surface area contributed by atoms with Crippen molar-refractivity contribution in [3.63, 3.8) is 0 Å². The fourth-order valence-corrected chi connectivity index (χ4v) is 3.33. The summed E-state index contributed by atoms with van der Waals surface area (Å²) in [5, 5.41) is 33.1. The Balaban J connectivity index is 1.73. The highest BCUT2D eigenvalue weighted by atomic mass is 16.4. The molecule has 1 aromatic carbocycles. The molecule has 0 aliphatic heterocycles. The number of aromatic amines is 1. The van der Waals surface area contributed by atoms with Gasteiger partial charge < -0.3 is 25.6 Å². The van der Waals surface area contributed by atoms with Crippen LogP contribution in [0.5, 0.6) is 5.75 Å². The lowest BCUT2D eigenvalue weighted by Gasteiger charge is -2.18. The van der Waals surface area contributed by atoms with Gasteiger partial charge in [0.1, 0.15) is 5.75 Å². The minimum atomic E-state index is -0.831. The summed E-state index contributed by atoms with van der Waals surface area (Å²) < 4.78 is 0. The Morgan fingerprint density at radius 3 is 2.79 bits per heavy atom. The number of phenolic OH excluding ortho intramolecular Hbond substituents is 1. The smallest absolute Gasteiger partial charge is 0.306 e. The molecule has 1 fully saturated rings. The van der Waals surface area contributed by atoms with Gasteiger partial charge in [0.25, 0.3) is 0 Å². The average Bonchev–Trinajstić information content (AvgIpc) is 3.03. The van der Waals surface area contributed by atoms with E-state index in [0.717, 1.165) is 6.42 Å². The van der Waals surface area contributed by atoms with Gasteiger partial charge in [-0.3, -0.25) is 9.59 Å². The molecule has 2 aromatic rings. The molecule has 0 spiro atoms. The second-order valence-corrected chi connectivity index (χ2v) is 6.25. The van der Waals surface area contributed by atoms with E-state index in [-0.39, 0.29) is 29.8 Å². The number of carboxylic acid groups (broad SMARTS) is 1. The summed E-state index contributed by atoms with van der Waals surface area (Å²) in [6, 6.07) is 6.05. The average molecular weight is 332 g/mol. The summed E-state index contributed by atoms with van der Waals surface area (Å²) >= 11 is 0. The first-order chi connectivity index (χ1) is 11.5. The first kappa shape index (κ1) is 16.5. The third-order valence-corrected chi connectivity index (χ3v) is 4.65. The van der Waals surface area contributed by atoms with Gasteiger partial charge in [-0.15, -0.1) is 0 Å². The van der Waals surface area contributed by atoms with Gasteiger partial charge in [-0.05, 0) is 37.0 Å². The van der Waals surface area contributed by atoms with E-state index in [4.69, 9.17) is 5.11 Å². The maximum atomic E-state index is 11.4. The summed E-state index contributed by atoms with van der Waals surface area (Å²) in [6.45, 7) is 0.274. The molecule has 1 aromatic heterocycles. The molecule has 0 bridgehead atoms. The Kier molecular flexibility index (Phi) is 4.55. The number of aliphatic hydroxyl groups excluding tert-OH is 1. The lowest BCUT2D eigenvalue weighted by Crippen LogP contribution is -2.31. The van der Waals surface area contributed by atoms with Crippen molar-refractivity contribution in [3.05, 3.63) is 40.2 Å². The van der Waals surface area contributed by atoms with Gasteiger partial charge in [-0.2, -0.15) is 0 Å². The van der Waals surface area contributed by atoms with Gasteiger partial charge in [0, 0.05) is 24.0 Å². The van der Waals surface area contributed by atoms with Crippen LogP contribution in [0.1, 0.15) is 30.9 Å². The summed E-state index contributed by atoms with van der Waals surface area (Å²) in [5.41, 5.74) is 0.568. The molecule has 24 heavy (non-hydrogen) atoms. The van der Waals surface area contributed by atoms with Crippen molar-refractivity contribution >= 4 is 16.9 Å². The number of aliphatic hydroxyl groups is 1. The SMILES string of the molecule is O=C(O)[C@@H]1CC[C@H](NC[C@@H](O)c2ccc(O)c3[nH]c(=O)ccc23)C1. The van der Waals surface area contributed by atoms with Gasteiger partial charge in [0.15, 0.2) is 0 Å². The molecule has 1 aliphatic rings. The first-order valence-corrected chi connectivity index (χ1v) is 7.95. The van der Waals surface area contributed by atoms with E-state index in [1.165, 1.54) is 12.1 Å². The van der Waals surface area contributed by atoms with Gasteiger partial charge in [0.05, 0.1) is 17.5 Å². The molecule has 0 radical (unpaired) electrons. The highest BCUT2D eigenvalue weighted by molar-refractivity contribution is 5.87. The van der Waals surface area contributed by atoms with Crippen LogP contribution in [0, 0.1) is 5.92 Å². The quantitative estimate of drug-likeness (QED) is 0.559. The number of hydrogen-bond donors (Lipinski definition) is 5. The van der Waals surface area contributed by atoms with Crippen molar-refractivity contribution in [1.29, 1.82) is 0 Å². The molecule has 7 nitrogen and oxygen atoms in total. The van der Waals surface area contributed by atoms with Crippen molar-refractivity contribution in [2.75, 3.05) is 6.54 Å². The van der Waals surface area contributed by atoms with Crippen molar-refractivity contribution in [1.82, 2.24) is 10.3 Å². The molecule has 5 N–H and O–H groups in total. The summed E-state index contributed by atoms with van der Waals surface area (Å²) in [4.78, 5) is 25.0. The number of pyridine rings is 1. The third-order valence-electron chi connectivity index (χ3n) is 4.65. The van der Waals surface area contributed by atoms with Crippen LogP contribution in [0.4, 0.5) is 0 Å². The number of aromatic nitrogens is 1. The molecule has 128 valence electrons. The van der Waals surface area contributed by atoms with E-state index in [0.29, 0.717) is 29.3 Å². The number of phenols is 1. The second kappa shape index (κ2) is 6.62. The number of H-pyrrole nitrogens is 1. The fourth-order valence-electron chi connectivity index (χ4n) is 3.33. The molecular formula is C17H20N2O5. The Hall–Kier alpha value is -2.38. The number of nitrogens with one attached hydrogen (secondary N) is 2. The third kappa shape index (κ3) is 3.27. The predicted octanol–water partition coefficient (Wildman–Crippen LogP) is 1.11. The molecule has 3 rings (SSSR count). The zero-order valence-electron chi connectivity index (χ0n) is 13.0. The summed E-state index contributed by atoms with van der Waals surface area (Å²) in [7, 11) is 0. The molecule has 0 unspecified atom stereocenters. The number of carboxylic acids is 1. The maximum absolute atomic E-state index is 11.4. The number of aromatic hydroxyl groups is 1. The molecule has 0 amide bonds. The number of hydrogen-bond acceptors (Lipinski definition) is 5. The largest absolute Gasteiger partial charge is 0.506 e. The van der Waals surface area contributed by atoms with E-state index in [1.807, 2.05) is 0 Å². The molecule has 3 atom stereocenters. The van der Waals surface area contributed by atoms with Crippen molar-refractivity contribution < 1.29 is 20.1 Å². The summed E-state index contributed by atoms with van der Waals surface area (Å²) in [6.07, 6.45) is 1.15. The van der Waals surface area contributed by atoms with Crippen LogP contribution in [0.3, 0.4) is 0 Å². The van der Waals surface area contributed by atoms with Crippen LogP contribution in [0.25, 0.3) is 10.9 Å². The minimum absolute atomic E-state index is 0.0493. The monoisotopic (exact) mass is 332 g/mol. The van der Waals surface area contributed by atoms with Gasteiger partial charge >= 0.3 is 5.97 Å². The molecule has 0 saturated heterocycles. The van der Waals surface area contributed by atoms with E-state index in [9.17, 15) is 19.8 Å². The number of fused-ring (bicyclic) bond motifs is 1. The molecular weight excluding hydrogens is 312 g/mol. The van der Waals surface area contributed by atoms with Crippen molar-refractivity contribution in [2.24, 2.45) is 5.92 Å². The van der Waals surface area contributed by atoms with Crippen molar-refractivity contribution in [2.45, 2.75) is 31.4 Å². The fraction of sp³-hybridized carbons (Fsp3) is 0.412. The van der Waals surface area contributed by atoms with Gasteiger partial charge in [-0.1, -0.05) is 6.07 Å². The molecule has 1 saturated carbocycles. The highest BCUT2D eigenvalue weighted by Gasteiger charge is 2.29. The van der Waals surface area contributed by atoms with E-state index < -0.39 is 12.1 Å². The number of carbonyl (C=O) groups is 1. The van der Waals surface area contributed by atoms with Gasteiger partial charge in [-0.25, -0.2) is 0 Å². The molecule has 1 heterocycles. The number of rotatable bonds is 5. The van der Waals surface area contributed by atoms with Crippen molar-refractivity contribution in [3.8, 4) is 5.75 Å². The maximum Gasteiger partial charge on any atom is 0.306 e. The first-order valence-electron chi connectivity index (χ1n) is 7.95. The topological polar surface area (TPSA) is 123 Å². The van der Waals surface area contributed by atoms with Crippen LogP contribution < -0.4 is 10.9 Å². The van der Waals surface area contributed by atoms with E-state index in [1.54, 1.807) is 12.1 Å². The Morgan fingerprint density at radius 1 is 1.29 bits per heavy atom. The Labute approximate surface area is 138 Å². The lowest BCUT2D eigenvalue weighted by atomic mass is 10.0. The zero-order chi connectivity index (χ0) is 17.3. The minimum Gasteiger partial charge on any atom is -0.506 e. The zero-order valence-corrected chi connectivity index (χ0v) is 13.0. The Morgan fingerprint density at radius 2 is 2.08 bits per heavy atom. The highest BCUT2D eigenvalue weighted by Crippen LogP contribution is 2.29. The lowest BCUT2D eigenvalue weighted by molar-refractivity contribution is -0.141. The van der Waals surface area contributed by atoms with Crippen LogP contribution in [-0.2, 0) is 4.79 Å². The normalized spacial score (nSPS) is 21.9. The number of aliphatic carboxylic acids is 1. The molecule has 1 aliphatic carbocycles. The van der Waals surface area contributed by atoms with Crippen LogP contribution in [0.2, 0.25) is 0 Å². The van der Waals surface area contributed by atoms with E-state index >= 15 is 0 Å². The van der Waals surface area contributed by atoms with E-state index in [2.05, 4.69) is 10.3 Å². The van der Waals surface area contributed by atoms with Gasteiger partial charge in [0.2, 0.25) is 5.56 Å². The number of benzene rings is 1. The van der Waals surface area contributed by atoms with Crippen LogP contribution in [0.15, 0.2) is 29.1 Å². The Bertz CT molecular complexity index is 816. The predicted molar refractivity (Wildman–Crippen MR) is 88.0 cm³/mol. The summed E-state index contributed by atoms with van der Waals surface area (Å²) in [5.74, 6) is -1.14. The van der Waals surface area contributed by atoms with Crippen LogP contribution >= 0.6 is 0 Å². The molecule has 7 heteroatoms.